The maximum absolute atomic E-state index is 11.9. The molecule has 0 aliphatic carbocycles. The minimum absolute atomic E-state index is 0.0856. The molecular weight excluding hydrogens is 304 g/mol. The van der Waals surface area contributed by atoms with E-state index in [0.29, 0.717) is 11.5 Å². The molecule has 2 N–H and O–H groups in total. The van der Waals surface area contributed by atoms with Crippen molar-refractivity contribution in [1.82, 2.24) is 20.4 Å². The smallest absolute Gasteiger partial charge is 0.254 e. The number of para-hydroxylation sites is 1. The molecule has 128 valence electrons. The minimum Gasteiger partial charge on any atom is -0.496 e. The number of amides is 1. The third kappa shape index (κ3) is 3.14. The van der Waals surface area contributed by atoms with E-state index < -0.39 is 0 Å². The van der Waals surface area contributed by atoms with E-state index in [1.54, 1.807) is 20.4 Å². The Morgan fingerprint density at radius 3 is 3.08 bits per heavy atom. The first-order valence-electron chi connectivity index (χ1n) is 8.24. The SMILES string of the molecule is CNC(=O)c1cn[nH]c1[C@H]1CCN(Cc2cccc(C)c2OC)C1. The Kier molecular flexibility index (Phi) is 4.85. The van der Waals surface area contributed by atoms with Crippen molar-refractivity contribution < 1.29 is 9.53 Å². The van der Waals surface area contributed by atoms with Crippen molar-refractivity contribution in [2.45, 2.75) is 25.8 Å². The van der Waals surface area contributed by atoms with Crippen LogP contribution in [0, 0.1) is 6.92 Å². The van der Waals surface area contributed by atoms with Crippen LogP contribution < -0.4 is 10.1 Å². The zero-order chi connectivity index (χ0) is 17.1. The van der Waals surface area contributed by atoms with Gasteiger partial charge in [-0.25, -0.2) is 0 Å². The third-order valence-corrected chi connectivity index (χ3v) is 4.71. The summed E-state index contributed by atoms with van der Waals surface area (Å²) in [5.74, 6) is 1.18. The zero-order valence-corrected chi connectivity index (χ0v) is 14.4. The molecule has 1 saturated heterocycles. The van der Waals surface area contributed by atoms with Gasteiger partial charge in [0.2, 0.25) is 0 Å². The molecule has 2 heterocycles. The van der Waals surface area contributed by atoms with Crippen LogP contribution in [-0.4, -0.2) is 48.3 Å². The molecule has 3 rings (SSSR count). The summed E-state index contributed by atoms with van der Waals surface area (Å²) >= 11 is 0. The van der Waals surface area contributed by atoms with Gasteiger partial charge in [-0.3, -0.25) is 14.8 Å². The normalized spacial score (nSPS) is 17.9. The Hall–Kier alpha value is -2.34. The molecule has 1 aromatic heterocycles. The second-order valence-corrected chi connectivity index (χ2v) is 6.26. The number of aromatic nitrogens is 2. The van der Waals surface area contributed by atoms with Crippen molar-refractivity contribution in [2.75, 3.05) is 27.2 Å². The van der Waals surface area contributed by atoms with E-state index in [0.717, 1.165) is 43.1 Å². The number of hydrogen-bond donors (Lipinski definition) is 2. The second-order valence-electron chi connectivity index (χ2n) is 6.26. The predicted molar refractivity (Wildman–Crippen MR) is 92.3 cm³/mol. The summed E-state index contributed by atoms with van der Waals surface area (Å²) in [4.78, 5) is 14.3. The summed E-state index contributed by atoms with van der Waals surface area (Å²) in [5.41, 5.74) is 3.95. The number of methoxy groups -OCH3 is 1. The van der Waals surface area contributed by atoms with Crippen LogP contribution in [0.15, 0.2) is 24.4 Å². The van der Waals surface area contributed by atoms with Gasteiger partial charge in [-0.2, -0.15) is 5.10 Å². The summed E-state index contributed by atoms with van der Waals surface area (Å²) in [7, 11) is 3.36. The molecule has 6 nitrogen and oxygen atoms in total. The van der Waals surface area contributed by atoms with Gasteiger partial charge in [-0.05, 0) is 25.5 Å². The number of aromatic amines is 1. The van der Waals surface area contributed by atoms with Crippen LogP contribution in [0.2, 0.25) is 0 Å². The number of likely N-dealkylation sites (tertiary alicyclic amines) is 1. The molecule has 0 spiro atoms. The van der Waals surface area contributed by atoms with Crippen molar-refractivity contribution in [2.24, 2.45) is 0 Å². The number of carbonyl (C=O) groups is 1. The van der Waals surface area contributed by atoms with Gasteiger partial charge in [-0.15, -0.1) is 0 Å². The fourth-order valence-electron chi connectivity index (χ4n) is 3.51. The first-order chi connectivity index (χ1) is 11.6. The van der Waals surface area contributed by atoms with Crippen molar-refractivity contribution in [1.29, 1.82) is 0 Å². The lowest BCUT2D eigenvalue weighted by molar-refractivity contribution is 0.0961. The van der Waals surface area contributed by atoms with E-state index in [4.69, 9.17) is 4.74 Å². The monoisotopic (exact) mass is 328 g/mol. The van der Waals surface area contributed by atoms with Crippen LogP contribution in [0.1, 0.15) is 39.5 Å². The molecule has 1 aliphatic rings. The van der Waals surface area contributed by atoms with Gasteiger partial charge in [0.1, 0.15) is 5.75 Å². The summed E-state index contributed by atoms with van der Waals surface area (Å²) < 4.78 is 5.55. The molecule has 1 aliphatic heterocycles. The average molecular weight is 328 g/mol. The molecule has 0 unspecified atom stereocenters. The van der Waals surface area contributed by atoms with Crippen molar-refractivity contribution in [3.05, 3.63) is 46.8 Å². The van der Waals surface area contributed by atoms with E-state index in [1.165, 1.54) is 5.56 Å². The van der Waals surface area contributed by atoms with Gasteiger partial charge in [0.05, 0.1) is 24.6 Å². The van der Waals surface area contributed by atoms with E-state index in [2.05, 4.69) is 45.5 Å². The lowest BCUT2D eigenvalue weighted by atomic mass is 10.0. The number of rotatable bonds is 5. The molecule has 0 saturated carbocycles. The molecule has 1 amide bonds. The first-order valence-corrected chi connectivity index (χ1v) is 8.24. The van der Waals surface area contributed by atoms with Crippen LogP contribution in [-0.2, 0) is 6.54 Å². The first kappa shape index (κ1) is 16.5. The van der Waals surface area contributed by atoms with Gasteiger partial charge in [0, 0.05) is 31.6 Å². The van der Waals surface area contributed by atoms with Crippen LogP contribution >= 0.6 is 0 Å². The maximum atomic E-state index is 11.9. The number of nitrogens with zero attached hydrogens (tertiary/aromatic N) is 2. The number of ether oxygens (including phenoxy) is 1. The molecule has 1 aromatic carbocycles. The van der Waals surface area contributed by atoms with Gasteiger partial charge in [0.25, 0.3) is 5.91 Å². The highest BCUT2D eigenvalue weighted by Gasteiger charge is 2.29. The summed E-state index contributed by atoms with van der Waals surface area (Å²) in [6.45, 7) is 4.82. The third-order valence-electron chi connectivity index (χ3n) is 4.71. The Morgan fingerprint density at radius 2 is 2.33 bits per heavy atom. The van der Waals surface area contributed by atoms with Gasteiger partial charge in [0.15, 0.2) is 0 Å². The Morgan fingerprint density at radius 1 is 1.50 bits per heavy atom. The number of carbonyl (C=O) groups excluding carboxylic acids is 1. The largest absolute Gasteiger partial charge is 0.496 e. The van der Waals surface area contributed by atoms with Crippen LogP contribution in [0.5, 0.6) is 5.75 Å². The number of hydrogen-bond acceptors (Lipinski definition) is 4. The summed E-state index contributed by atoms with van der Waals surface area (Å²) in [6, 6.07) is 6.25. The Labute approximate surface area is 142 Å². The van der Waals surface area contributed by atoms with E-state index in [-0.39, 0.29) is 5.91 Å². The number of H-pyrrole nitrogens is 1. The number of nitrogens with one attached hydrogen (secondary N) is 2. The fourth-order valence-corrected chi connectivity index (χ4v) is 3.51. The van der Waals surface area contributed by atoms with E-state index in [1.807, 2.05) is 0 Å². The van der Waals surface area contributed by atoms with Crippen LogP contribution in [0.3, 0.4) is 0 Å². The zero-order valence-electron chi connectivity index (χ0n) is 14.4. The van der Waals surface area contributed by atoms with Crippen molar-refractivity contribution in [3.63, 3.8) is 0 Å². The lowest BCUT2D eigenvalue weighted by Gasteiger charge is -2.19. The molecule has 24 heavy (non-hydrogen) atoms. The Balaban J connectivity index is 1.72. The topological polar surface area (TPSA) is 70.2 Å². The van der Waals surface area contributed by atoms with Gasteiger partial charge >= 0.3 is 0 Å². The second kappa shape index (κ2) is 7.05. The van der Waals surface area contributed by atoms with Crippen LogP contribution in [0.25, 0.3) is 0 Å². The molecule has 1 atom stereocenters. The fraction of sp³-hybridized carbons (Fsp3) is 0.444. The molecule has 1 fully saturated rings. The molecule has 6 heteroatoms. The minimum atomic E-state index is -0.0856. The lowest BCUT2D eigenvalue weighted by Crippen LogP contribution is -2.22. The highest BCUT2D eigenvalue weighted by Crippen LogP contribution is 2.31. The van der Waals surface area contributed by atoms with E-state index in [9.17, 15) is 4.79 Å². The standard InChI is InChI=1S/C18H24N4O2/c1-12-5-4-6-14(17(12)24-3)11-22-8-7-13(10-22)16-15(9-20-21-16)18(23)19-2/h4-6,9,13H,7-8,10-11H2,1-3H3,(H,19,23)(H,20,21)/t13-/m0/s1. The van der Waals surface area contributed by atoms with Gasteiger partial charge < -0.3 is 10.1 Å². The molecule has 2 aromatic rings. The van der Waals surface area contributed by atoms with Crippen molar-refractivity contribution >= 4 is 5.91 Å². The average Bonchev–Trinajstić information content (AvgIpc) is 3.23. The van der Waals surface area contributed by atoms with Gasteiger partial charge in [-0.1, -0.05) is 18.2 Å². The van der Waals surface area contributed by atoms with Crippen LogP contribution in [0.4, 0.5) is 0 Å². The molecule has 0 bridgehead atoms. The Bertz CT molecular complexity index is 726. The number of benzene rings is 1. The van der Waals surface area contributed by atoms with Crippen molar-refractivity contribution in [3.8, 4) is 5.75 Å². The maximum Gasteiger partial charge on any atom is 0.254 e. The summed E-state index contributed by atoms with van der Waals surface area (Å²) in [6.07, 6.45) is 2.63. The highest BCUT2D eigenvalue weighted by molar-refractivity contribution is 5.95. The quantitative estimate of drug-likeness (QED) is 0.881. The molecule has 0 radical (unpaired) electrons. The number of aryl methyl sites for hydroxylation is 1. The highest BCUT2D eigenvalue weighted by atomic mass is 16.5. The predicted octanol–water partition coefficient (Wildman–Crippen LogP) is 2.08. The summed E-state index contributed by atoms with van der Waals surface area (Å²) in [5, 5.41) is 9.75. The molecular formula is C18H24N4O2. The van der Waals surface area contributed by atoms with E-state index >= 15 is 0 Å².